The van der Waals surface area contributed by atoms with Crippen LogP contribution >= 0.6 is 12.2 Å². The number of amides is 1. The summed E-state index contributed by atoms with van der Waals surface area (Å²) in [6.07, 6.45) is 1.58. The van der Waals surface area contributed by atoms with E-state index in [1.54, 1.807) is 60.5 Å². The molecule has 4 rings (SSSR count). The van der Waals surface area contributed by atoms with Crippen molar-refractivity contribution in [3.8, 4) is 11.3 Å². The highest BCUT2D eigenvalue weighted by Crippen LogP contribution is 2.33. The molecule has 0 radical (unpaired) electrons. The van der Waals surface area contributed by atoms with E-state index in [0.717, 1.165) is 0 Å². The Morgan fingerprint density at radius 1 is 1.03 bits per heavy atom. The molecular weight excluding hydrogens is 390 g/mol. The molecule has 7 nitrogen and oxygen atoms in total. The quantitative estimate of drug-likeness (QED) is 0.276. The average Bonchev–Trinajstić information content (AvgIpc) is 3.28. The Bertz CT molecular complexity index is 1150. The Morgan fingerprint density at radius 3 is 2.45 bits per heavy atom. The van der Waals surface area contributed by atoms with Gasteiger partial charge in [-0.05, 0) is 42.5 Å². The standard InChI is InChI=1S/C21H15N3O4S/c1-22-18(20(25)23(21(22)29)14-7-3-2-4-8-14)13-15-11-12-19(28-15)16-9-5-6-10-17(16)24(26)27/h2-13H,1H3/b18-13-. The summed E-state index contributed by atoms with van der Waals surface area (Å²) in [5.41, 5.74) is 1.35. The summed E-state index contributed by atoms with van der Waals surface area (Å²) in [5.74, 6) is 0.471. The highest BCUT2D eigenvalue weighted by molar-refractivity contribution is 7.80. The predicted octanol–water partition coefficient (Wildman–Crippen LogP) is 4.46. The van der Waals surface area contributed by atoms with Crippen LogP contribution in [0.2, 0.25) is 0 Å². The molecule has 29 heavy (non-hydrogen) atoms. The maximum atomic E-state index is 12.9. The van der Waals surface area contributed by atoms with Crippen molar-refractivity contribution >= 4 is 40.7 Å². The van der Waals surface area contributed by atoms with Gasteiger partial charge in [0.1, 0.15) is 17.2 Å². The zero-order valence-corrected chi connectivity index (χ0v) is 16.1. The number of rotatable bonds is 4. The Hall–Kier alpha value is -3.78. The van der Waals surface area contributed by atoms with Crippen molar-refractivity contribution in [3.63, 3.8) is 0 Å². The number of furan rings is 1. The van der Waals surface area contributed by atoms with Crippen LogP contribution in [-0.4, -0.2) is 27.9 Å². The molecule has 1 saturated heterocycles. The van der Waals surface area contributed by atoms with E-state index in [-0.39, 0.29) is 11.6 Å². The molecule has 0 unspecified atom stereocenters. The van der Waals surface area contributed by atoms with E-state index in [0.29, 0.717) is 33.6 Å². The first-order valence-electron chi connectivity index (χ1n) is 8.70. The largest absolute Gasteiger partial charge is 0.456 e. The third-order valence-corrected chi connectivity index (χ3v) is 5.00. The van der Waals surface area contributed by atoms with Gasteiger partial charge >= 0.3 is 0 Å². The lowest BCUT2D eigenvalue weighted by molar-refractivity contribution is -0.384. The maximum absolute atomic E-state index is 12.9. The van der Waals surface area contributed by atoms with E-state index in [9.17, 15) is 14.9 Å². The summed E-state index contributed by atoms with van der Waals surface area (Å²) in [6, 6.07) is 18.8. The van der Waals surface area contributed by atoms with Crippen LogP contribution in [0.25, 0.3) is 17.4 Å². The van der Waals surface area contributed by atoms with E-state index in [1.165, 1.54) is 11.0 Å². The summed E-state index contributed by atoms with van der Waals surface area (Å²) >= 11 is 5.43. The van der Waals surface area contributed by atoms with Gasteiger partial charge in [0, 0.05) is 19.2 Å². The molecule has 1 amide bonds. The van der Waals surface area contributed by atoms with Crippen LogP contribution in [-0.2, 0) is 4.79 Å². The Labute approximate surface area is 171 Å². The molecule has 1 aromatic heterocycles. The number of likely N-dealkylation sites (N-methyl/N-ethyl adjacent to an activating group) is 1. The van der Waals surface area contributed by atoms with Gasteiger partial charge in [0.2, 0.25) is 0 Å². The smallest absolute Gasteiger partial charge is 0.281 e. The molecule has 0 N–H and O–H groups in total. The van der Waals surface area contributed by atoms with Crippen LogP contribution in [0.4, 0.5) is 11.4 Å². The summed E-state index contributed by atoms with van der Waals surface area (Å²) in [6.45, 7) is 0. The fourth-order valence-corrected chi connectivity index (χ4v) is 3.40. The molecule has 144 valence electrons. The van der Waals surface area contributed by atoms with Gasteiger partial charge in [-0.1, -0.05) is 30.3 Å². The van der Waals surface area contributed by atoms with Crippen LogP contribution in [0.3, 0.4) is 0 Å². The lowest BCUT2D eigenvalue weighted by atomic mass is 10.1. The van der Waals surface area contributed by atoms with Crippen LogP contribution in [0.1, 0.15) is 5.76 Å². The minimum absolute atomic E-state index is 0.0495. The van der Waals surface area contributed by atoms with Crippen molar-refractivity contribution in [3.05, 3.63) is 88.3 Å². The minimum atomic E-state index is -0.458. The second kappa shape index (κ2) is 7.33. The predicted molar refractivity (Wildman–Crippen MR) is 113 cm³/mol. The topological polar surface area (TPSA) is 79.8 Å². The van der Waals surface area contributed by atoms with E-state index in [4.69, 9.17) is 16.6 Å². The fraction of sp³-hybridized carbons (Fsp3) is 0.0476. The molecule has 0 aliphatic carbocycles. The molecule has 1 aliphatic rings. The molecule has 3 aromatic rings. The van der Waals surface area contributed by atoms with E-state index in [2.05, 4.69) is 0 Å². The normalized spacial score (nSPS) is 15.4. The number of anilines is 1. The number of para-hydroxylation sites is 2. The summed E-state index contributed by atoms with van der Waals surface area (Å²) < 4.78 is 5.77. The first-order valence-corrected chi connectivity index (χ1v) is 9.10. The number of benzene rings is 2. The molecule has 1 aliphatic heterocycles. The molecule has 0 atom stereocenters. The maximum Gasteiger partial charge on any atom is 0.281 e. The number of thiocarbonyl (C=S) groups is 1. The summed E-state index contributed by atoms with van der Waals surface area (Å²) in [7, 11) is 1.71. The number of carbonyl (C=O) groups excluding carboxylic acids is 1. The van der Waals surface area contributed by atoms with Crippen LogP contribution < -0.4 is 4.90 Å². The van der Waals surface area contributed by atoms with Crippen LogP contribution in [0.15, 0.2) is 76.8 Å². The Morgan fingerprint density at radius 2 is 1.72 bits per heavy atom. The monoisotopic (exact) mass is 405 g/mol. The van der Waals surface area contributed by atoms with Gasteiger partial charge in [-0.2, -0.15) is 0 Å². The zero-order valence-electron chi connectivity index (χ0n) is 15.3. The van der Waals surface area contributed by atoms with Crippen molar-refractivity contribution in [2.24, 2.45) is 0 Å². The second-order valence-electron chi connectivity index (χ2n) is 6.32. The average molecular weight is 405 g/mol. The Balaban J connectivity index is 1.69. The number of nitro groups is 1. The summed E-state index contributed by atoms with van der Waals surface area (Å²) in [4.78, 5) is 26.8. The van der Waals surface area contributed by atoms with Crippen molar-refractivity contribution in [2.75, 3.05) is 11.9 Å². The SMILES string of the molecule is CN1C(=S)N(c2ccccc2)C(=O)/C1=C/c1ccc(-c2ccccc2[N+](=O)[O-])o1. The molecule has 1 fully saturated rings. The van der Waals surface area contributed by atoms with Gasteiger partial charge in [-0.15, -0.1) is 0 Å². The van der Waals surface area contributed by atoms with Gasteiger partial charge in [0.15, 0.2) is 5.11 Å². The highest BCUT2D eigenvalue weighted by atomic mass is 32.1. The zero-order chi connectivity index (χ0) is 20.5. The van der Waals surface area contributed by atoms with Gasteiger partial charge < -0.3 is 9.32 Å². The molecular formula is C21H15N3O4S. The third-order valence-electron chi connectivity index (χ3n) is 4.55. The van der Waals surface area contributed by atoms with E-state index < -0.39 is 4.92 Å². The molecule has 0 saturated carbocycles. The van der Waals surface area contributed by atoms with Gasteiger partial charge in [-0.25, -0.2) is 0 Å². The van der Waals surface area contributed by atoms with E-state index >= 15 is 0 Å². The van der Waals surface area contributed by atoms with Crippen LogP contribution in [0.5, 0.6) is 0 Å². The van der Waals surface area contributed by atoms with Gasteiger partial charge in [-0.3, -0.25) is 19.8 Å². The van der Waals surface area contributed by atoms with Crippen molar-refractivity contribution < 1.29 is 14.1 Å². The first-order chi connectivity index (χ1) is 14.0. The highest BCUT2D eigenvalue weighted by Gasteiger charge is 2.37. The van der Waals surface area contributed by atoms with E-state index in [1.807, 2.05) is 18.2 Å². The minimum Gasteiger partial charge on any atom is -0.456 e. The first kappa shape index (κ1) is 18.6. The molecule has 0 bridgehead atoms. The Kier molecular flexibility index (Phi) is 4.69. The fourth-order valence-electron chi connectivity index (χ4n) is 3.11. The second-order valence-corrected chi connectivity index (χ2v) is 6.69. The van der Waals surface area contributed by atoms with Crippen LogP contribution in [0, 0.1) is 10.1 Å². The third kappa shape index (κ3) is 3.30. The van der Waals surface area contributed by atoms with Crippen molar-refractivity contribution in [1.29, 1.82) is 0 Å². The lowest BCUT2D eigenvalue weighted by Crippen LogP contribution is -2.30. The number of nitrogens with zero attached hydrogens (tertiary/aromatic N) is 3. The molecule has 8 heteroatoms. The molecule has 0 spiro atoms. The summed E-state index contributed by atoms with van der Waals surface area (Å²) in [5, 5.41) is 11.6. The van der Waals surface area contributed by atoms with Crippen molar-refractivity contribution in [1.82, 2.24) is 4.90 Å². The number of hydrogen-bond donors (Lipinski definition) is 0. The van der Waals surface area contributed by atoms with Gasteiger partial charge in [0.25, 0.3) is 11.6 Å². The molecule has 2 aromatic carbocycles. The number of hydrogen-bond acceptors (Lipinski definition) is 5. The van der Waals surface area contributed by atoms with Gasteiger partial charge in [0.05, 0.1) is 16.2 Å². The number of carbonyl (C=O) groups is 1. The lowest BCUT2D eigenvalue weighted by Gasteiger charge is -2.16. The van der Waals surface area contributed by atoms with Crippen molar-refractivity contribution in [2.45, 2.75) is 0 Å². The molecule has 2 heterocycles. The number of nitro benzene ring substituents is 1.